The van der Waals surface area contributed by atoms with Gasteiger partial charge in [0.15, 0.2) is 0 Å². The second-order valence-electron chi connectivity index (χ2n) is 5.73. The predicted molar refractivity (Wildman–Crippen MR) is 97.9 cm³/mol. The summed E-state index contributed by atoms with van der Waals surface area (Å²) in [7, 11) is 1.78. The lowest BCUT2D eigenvalue weighted by molar-refractivity contribution is 0.856. The average molecular weight is 312 g/mol. The summed E-state index contributed by atoms with van der Waals surface area (Å²) in [6.45, 7) is 0. The first-order valence-corrected chi connectivity index (χ1v) is 7.86. The van der Waals surface area contributed by atoms with Crippen molar-refractivity contribution in [3.8, 4) is 22.5 Å². The summed E-state index contributed by atoms with van der Waals surface area (Å²) >= 11 is 0. The Balaban J connectivity index is 2.03. The number of rotatable bonds is 2. The Bertz CT molecular complexity index is 1080. The van der Waals surface area contributed by atoms with Crippen molar-refractivity contribution in [1.82, 2.24) is 9.55 Å². The van der Waals surface area contributed by atoms with Crippen LogP contribution < -0.4 is 5.56 Å². The van der Waals surface area contributed by atoms with E-state index in [1.165, 1.54) is 0 Å². The van der Waals surface area contributed by atoms with Crippen molar-refractivity contribution >= 4 is 10.9 Å². The zero-order chi connectivity index (χ0) is 16.5. The number of para-hydroxylation sites is 1. The van der Waals surface area contributed by atoms with Crippen molar-refractivity contribution in [3.05, 3.63) is 89.2 Å². The van der Waals surface area contributed by atoms with Crippen molar-refractivity contribution in [2.24, 2.45) is 7.05 Å². The molecule has 3 nitrogen and oxygen atoms in total. The van der Waals surface area contributed by atoms with Crippen LogP contribution in [0.25, 0.3) is 33.4 Å². The lowest BCUT2D eigenvalue weighted by Gasteiger charge is -2.13. The van der Waals surface area contributed by atoms with Gasteiger partial charge in [0, 0.05) is 12.6 Å². The van der Waals surface area contributed by atoms with Crippen molar-refractivity contribution in [3.63, 3.8) is 0 Å². The van der Waals surface area contributed by atoms with Crippen LogP contribution in [0.5, 0.6) is 0 Å². The first-order valence-electron chi connectivity index (χ1n) is 7.86. The SMILES string of the molecule is Cn1c(-c2ccccc2-c2ccccc2)nc2ccccc2c1=O. The highest BCUT2D eigenvalue weighted by Crippen LogP contribution is 2.30. The molecule has 0 saturated heterocycles. The highest BCUT2D eigenvalue weighted by molar-refractivity contribution is 5.84. The lowest BCUT2D eigenvalue weighted by Crippen LogP contribution is -2.20. The maximum absolute atomic E-state index is 12.7. The van der Waals surface area contributed by atoms with Crippen LogP contribution in [0.15, 0.2) is 83.7 Å². The van der Waals surface area contributed by atoms with Gasteiger partial charge in [-0.25, -0.2) is 4.98 Å². The molecule has 0 spiro atoms. The van der Waals surface area contributed by atoms with Gasteiger partial charge in [-0.3, -0.25) is 9.36 Å². The Kier molecular flexibility index (Phi) is 3.47. The molecule has 0 radical (unpaired) electrons. The van der Waals surface area contributed by atoms with Crippen LogP contribution in [-0.2, 0) is 7.05 Å². The fraction of sp³-hybridized carbons (Fsp3) is 0.0476. The van der Waals surface area contributed by atoms with Crippen LogP contribution in [0.1, 0.15) is 0 Å². The highest BCUT2D eigenvalue weighted by Gasteiger charge is 2.13. The molecule has 0 aliphatic heterocycles. The maximum Gasteiger partial charge on any atom is 0.261 e. The molecule has 0 bridgehead atoms. The van der Waals surface area contributed by atoms with Crippen molar-refractivity contribution in [2.45, 2.75) is 0 Å². The molecule has 4 aromatic rings. The van der Waals surface area contributed by atoms with E-state index in [1.807, 2.05) is 60.7 Å². The first kappa shape index (κ1) is 14.4. The van der Waals surface area contributed by atoms with E-state index in [0.717, 1.165) is 22.2 Å². The molecule has 116 valence electrons. The number of aromatic nitrogens is 2. The smallest absolute Gasteiger partial charge is 0.261 e. The third-order valence-corrected chi connectivity index (χ3v) is 4.24. The number of benzene rings is 3. The number of hydrogen-bond acceptors (Lipinski definition) is 2. The minimum atomic E-state index is -0.0292. The Morgan fingerprint density at radius 2 is 1.38 bits per heavy atom. The largest absolute Gasteiger partial charge is 0.295 e. The molecule has 0 amide bonds. The molecule has 0 saturated carbocycles. The zero-order valence-corrected chi connectivity index (χ0v) is 13.3. The molecular weight excluding hydrogens is 296 g/mol. The van der Waals surface area contributed by atoms with E-state index in [2.05, 4.69) is 18.2 Å². The predicted octanol–water partition coefficient (Wildman–Crippen LogP) is 4.27. The summed E-state index contributed by atoms with van der Waals surface area (Å²) in [5.41, 5.74) is 3.82. The fourth-order valence-corrected chi connectivity index (χ4v) is 3.01. The first-order chi connectivity index (χ1) is 11.8. The molecule has 0 unspecified atom stereocenters. The van der Waals surface area contributed by atoms with Crippen molar-refractivity contribution < 1.29 is 0 Å². The standard InChI is InChI=1S/C21H16N2O/c1-23-20(22-19-14-8-7-13-18(19)21(23)24)17-12-6-5-11-16(17)15-9-3-2-4-10-15/h2-14H,1H3. The van der Waals surface area contributed by atoms with E-state index in [0.29, 0.717) is 11.2 Å². The van der Waals surface area contributed by atoms with Gasteiger partial charge in [0.05, 0.1) is 10.9 Å². The fourth-order valence-electron chi connectivity index (χ4n) is 3.01. The molecule has 0 fully saturated rings. The molecule has 0 aliphatic rings. The maximum atomic E-state index is 12.7. The Morgan fingerprint density at radius 1 is 0.750 bits per heavy atom. The van der Waals surface area contributed by atoms with Crippen molar-refractivity contribution in [1.29, 1.82) is 0 Å². The van der Waals surface area contributed by atoms with Gasteiger partial charge in [0.25, 0.3) is 5.56 Å². The molecule has 1 aromatic heterocycles. The van der Waals surface area contributed by atoms with E-state index in [1.54, 1.807) is 11.6 Å². The average Bonchev–Trinajstić information content (AvgIpc) is 2.65. The number of nitrogens with zero attached hydrogens (tertiary/aromatic N) is 2. The summed E-state index contributed by atoms with van der Waals surface area (Å²) in [5, 5.41) is 0.640. The topological polar surface area (TPSA) is 34.9 Å². The van der Waals surface area contributed by atoms with E-state index < -0.39 is 0 Å². The molecule has 24 heavy (non-hydrogen) atoms. The number of fused-ring (bicyclic) bond motifs is 1. The van der Waals surface area contributed by atoms with Crippen molar-refractivity contribution in [2.75, 3.05) is 0 Å². The van der Waals surface area contributed by atoms with Gasteiger partial charge in [0.2, 0.25) is 0 Å². The molecule has 1 heterocycles. The quantitative estimate of drug-likeness (QED) is 0.554. The van der Waals surface area contributed by atoms with Gasteiger partial charge < -0.3 is 0 Å². The Labute approximate surface area is 139 Å². The normalized spacial score (nSPS) is 10.9. The monoisotopic (exact) mass is 312 g/mol. The summed E-state index contributed by atoms with van der Waals surface area (Å²) < 4.78 is 1.63. The minimum absolute atomic E-state index is 0.0292. The van der Waals surface area contributed by atoms with Gasteiger partial charge in [-0.1, -0.05) is 66.7 Å². The van der Waals surface area contributed by atoms with Gasteiger partial charge in [0.1, 0.15) is 5.82 Å². The molecule has 3 aromatic carbocycles. The van der Waals surface area contributed by atoms with Crippen LogP contribution in [0, 0.1) is 0 Å². The highest BCUT2D eigenvalue weighted by atomic mass is 16.1. The molecule has 0 N–H and O–H groups in total. The van der Waals surface area contributed by atoms with Gasteiger partial charge in [-0.15, -0.1) is 0 Å². The minimum Gasteiger partial charge on any atom is -0.295 e. The Hall–Kier alpha value is -3.20. The van der Waals surface area contributed by atoms with Gasteiger partial charge in [-0.2, -0.15) is 0 Å². The third kappa shape index (κ3) is 2.31. The second kappa shape index (κ2) is 5.78. The molecular formula is C21H16N2O. The summed E-state index contributed by atoms with van der Waals surface area (Å²) in [5.74, 6) is 0.679. The van der Waals surface area contributed by atoms with E-state index in [-0.39, 0.29) is 5.56 Å². The van der Waals surface area contributed by atoms with E-state index >= 15 is 0 Å². The van der Waals surface area contributed by atoms with Crippen LogP contribution in [0.2, 0.25) is 0 Å². The van der Waals surface area contributed by atoms with Gasteiger partial charge in [-0.05, 0) is 23.3 Å². The molecule has 0 atom stereocenters. The number of hydrogen-bond donors (Lipinski definition) is 0. The molecule has 4 rings (SSSR count). The van der Waals surface area contributed by atoms with Crippen LogP contribution in [0.4, 0.5) is 0 Å². The summed E-state index contributed by atoms with van der Waals surface area (Å²) in [6.07, 6.45) is 0. The summed E-state index contributed by atoms with van der Waals surface area (Å²) in [6, 6.07) is 25.7. The lowest BCUT2D eigenvalue weighted by atomic mass is 9.99. The second-order valence-corrected chi connectivity index (χ2v) is 5.73. The van der Waals surface area contributed by atoms with Crippen LogP contribution in [0.3, 0.4) is 0 Å². The summed E-state index contributed by atoms with van der Waals surface area (Å²) in [4.78, 5) is 17.4. The van der Waals surface area contributed by atoms with E-state index in [4.69, 9.17) is 4.98 Å². The van der Waals surface area contributed by atoms with Crippen LogP contribution in [-0.4, -0.2) is 9.55 Å². The molecule has 0 aliphatic carbocycles. The van der Waals surface area contributed by atoms with Gasteiger partial charge >= 0.3 is 0 Å². The Morgan fingerprint density at radius 3 is 2.17 bits per heavy atom. The van der Waals surface area contributed by atoms with E-state index in [9.17, 15) is 4.79 Å². The third-order valence-electron chi connectivity index (χ3n) is 4.24. The molecule has 3 heteroatoms. The van der Waals surface area contributed by atoms with Crippen LogP contribution >= 0.6 is 0 Å². The zero-order valence-electron chi connectivity index (χ0n) is 13.3.